The number of fused-ring (bicyclic) bond motifs is 4. The monoisotopic (exact) mass is 1440 g/mol. The van der Waals surface area contributed by atoms with Crippen molar-refractivity contribution in [3.63, 3.8) is 0 Å². The molecule has 0 bridgehead atoms. The molecule has 14 rings (SSSR count). The summed E-state index contributed by atoms with van der Waals surface area (Å²) in [6, 6.07) is 69.7. The van der Waals surface area contributed by atoms with Crippen LogP contribution in [0.25, 0.3) is 65.3 Å². The summed E-state index contributed by atoms with van der Waals surface area (Å²) in [5.74, 6) is -0.161. The van der Waals surface area contributed by atoms with E-state index < -0.39 is 23.9 Å². The molecule has 0 fully saturated rings. The third-order valence-electron chi connectivity index (χ3n) is 16.8. The van der Waals surface area contributed by atoms with Gasteiger partial charge in [0.1, 0.15) is 17.2 Å². The van der Waals surface area contributed by atoms with Crippen molar-refractivity contribution in [3.8, 4) is 21.7 Å². The van der Waals surface area contributed by atoms with Gasteiger partial charge in [-0.3, -0.25) is 4.57 Å². The standard InChI is InChI=1S/C22H25N3O2.C21H16N2O3.C21H16N2O2S.C21H24N2O2S/c1-3-4-5-6-12-20(24-27-17(2)26)19-16-25(22-14-9-10-15-23-22)21-13-8-7-11-18(19)21;1-15(24)26-22-21(16-8-3-2-4-9-16)18-14-23(20-12-7-13-25-20)19-11-6-5-10-17(18)19;1-15(24)25-22-21(16-8-3-2-4-9-16)18-14-23(20-12-7-13-26-20)19-11-6-5-10-17(18)19;1-3-4-5-6-11-19(22-25-16(2)24)18-15-23(21-13-9-14-26-21)20-12-8-7-10-17(18)20/h7-11,13-16H,3-6,12H2,1-2H3;2*2-14H,1H3;7-10,12-15H,3-6,11H2,1-2H3/b24-20+;2*22-21+;22-19+. The van der Waals surface area contributed by atoms with Crippen LogP contribution in [0, 0.1) is 0 Å². The quantitative estimate of drug-likeness (QED) is 0.0242. The first-order chi connectivity index (χ1) is 51.4. The van der Waals surface area contributed by atoms with E-state index in [0.717, 1.165) is 143 Å². The number of carbonyl (C=O) groups is 4. The van der Waals surface area contributed by atoms with Gasteiger partial charge in [0.15, 0.2) is 0 Å². The molecule has 20 heteroatoms. The van der Waals surface area contributed by atoms with Crippen LogP contribution in [-0.2, 0) is 38.5 Å². The van der Waals surface area contributed by atoms with E-state index in [-0.39, 0.29) is 0 Å². The Morgan fingerprint density at radius 1 is 0.381 bits per heavy atom. The summed E-state index contributed by atoms with van der Waals surface area (Å²) >= 11 is 3.36. The molecule has 6 aromatic carbocycles. The number of pyridine rings is 1. The van der Waals surface area contributed by atoms with E-state index in [1.54, 1.807) is 35.1 Å². The van der Waals surface area contributed by atoms with Crippen LogP contribution in [-0.4, -0.2) is 70.0 Å². The van der Waals surface area contributed by atoms with Crippen molar-refractivity contribution < 1.29 is 42.9 Å². The first-order valence-corrected chi connectivity index (χ1v) is 36.7. The number of rotatable bonds is 24. The van der Waals surface area contributed by atoms with Crippen LogP contribution in [0.5, 0.6) is 0 Å². The summed E-state index contributed by atoms with van der Waals surface area (Å²) in [5, 5.41) is 27.3. The zero-order valence-electron chi connectivity index (χ0n) is 59.4. The third-order valence-corrected chi connectivity index (χ3v) is 18.6. The molecule has 0 saturated heterocycles. The van der Waals surface area contributed by atoms with Crippen molar-refractivity contribution in [2.24, 2.45) is 20.6 Å². The van der Waals surface area contributed by atoms with Gasteiger partial charge in [-0.25, -0.2) is 24.2 Å². The van der Waals surface area contributed by atoms with Crippen molar-refractivity contribution in [2.45, 2.75) is 106 Å². The van der Waals surface area contributed by atoms with Gasteiger partial charge >= 0.3 is 23.9 Å². The predicted octanol–water partition coefficient (Wildman–Crippen LogP) is 20.7. The topological polar surface area (TPSA) is 200 Å². The minimum Gasteiger partial charge on any atom is -0.448 e. The van der Waals surface area contributed by atoms with Gasteiger partial charge in [-0.2, -0.15) is 0 Å². The van der Waals surface area contributed by atoms with E-state index in [1.807, 2.05) is 187 Å². The molecule has 14 aromatic rings. The number of benzene rings is 6. The highest BCUT2D eigenvalue weighted by molar-refractivity contribution is 7.12. The molecule has 532 valence electrons. The number of oxime groups is 4. The van der Waals surface area contributed by atoms with Gasteiger partial charge in [0.25, 0.3) is 0 Å². The Labute approximate surface area is 617 Å². The SMILES string of the molecule is CC(=O)O/N=C(\c1ccccc1)c1cn(-c2ccco2)c2ccccc12.CC(=O)O/N=C(\c1ccccc1)c1cn(-c2cccs2)c2ccccc12.CCCCCC/C(=N\OC(C)=O)c1cn(-c2ccccn2)c2ccccc12.CCCCCC/C(=N\OC(C)=O)c1cn(-c2cccs2)c2ccccc12. The van der Waals surface area contributed by atoms with E-state index in [2.05, 4.69) is 119 Å². The normalized spacial score (nSPS) is 11.7. The molecule has 18 nitrogen and oxygen atoms in total. The minimum atomic E-state index is -0.465. The number of para-hydroxylation sites is 4. The molecule has 8 aromatic heterocycles. The second kappa shape index (κ2) is 37.2. The Morgan fingerprint density at radius 3 is 1.16 bits per heavy atom. The van der Waals surface area contributed by atoms with E-state index in [9.17, 15) is 19.2 Å². The zero-order chi connectivity index (χ0) is 73.3. The van der Waals surface area contributed by atoms with Crippen LogP contribution >= 0.6 is 22.7 Å². The lowest BCUT2D eigenvalue weighted by Gasteiger charge is -2.05. The first-order valence-electron chi connectivity index (χ1n) is 34.9. The molecule has 0 amide bonds. The molecule has 0 spiro atoms. The predicted molar refractivity (Wildman–Crippen MR) is 421 cm³/mol. The number of hydrogen-bond acceptors (Lipinski definition) is 16. The van der Waals surface area contributed by atoms with Crippen LogP contribution in [0.1, 0.15) is 139 Å². The summed E-state index contributed by atoms with van der Waals surface area (Å²) in [6.07, 6.45) is 22.2. The number of thiophene rings is 2. The fraction of sp³-hybridized carbons (Fsp3) is 0.188. The average Bonchev–Trinajstić information content (AvgIpc) is 1.65. The number of aromatic nitrogens is 5. The van der Waals surface area contributed by atoms with E-state index in [1.165, 1.54) is 53.4 Å². The molecule has 0 radical (unpaired) electrons. The average molecular weight is 1440 g/mol. The molecular formula is C85H81N9O9S2. The Balaban J connectivity index is 0.000000140. The molecule has 0 aliphatic rings. The maximum atomic E-state index is 11.3. The highest BCUT2D eigenvalue weighted by Crippen LogP contribution is 2.33. The lowest BCUT2D eigenvalue weighted by Crippen LogP contribution is -2.05. The van der Waals surface area contributed by atoms with Gasteiger partial charge in [-0.15, -0.1) is 22.7 Å². The Bertz CT molecular complexity index is 5120. The largest absolute Gasteiger partial charge is 0.448 e. The number of carbonyl (C=O) groups excluding carboxylic acids is 4. The second-order valence-electron chi connectivity index (χ2n) is 24.4. The molecule has 0 N–H and O–H groups in total. The van der Waals surface area contributed by atoms with Gasteiger partial charge in [0.05, 0.1) is 49.8 Å². The van der Waals surface area contributed by atoms with Crippen LogP contribution in [0.3, 0.4) is 0 Å². The number of furan rings is 1. The Kier molecular flexibility index (Phi) is 26.2. The molecule has 0 aliphatic heterocycles. The van der Waals surface area contributed by atoms with Crippen molar-refractivity contribution in [2.75, 3.05) is 0 Å². The highest BCUT2D eigenvalue weighted by Gasteiger charge is 2.22. The fourth-order valence-electron chi connectivity index (χ4n) is 12.1. The fourth-order valence-corrected chi connectivity index (χ4v) is 13.5. The molecule has 0 aliphatic carbocycles. The maximum Gasteiger partial charge on any atom is 0.332 e. The van der Waals surface area contributed by atoms with Crippen molar-refractivity contribution in [1.82, 2.24) is 23.3 Å². The summed E-state index contributed by atoms with van der Waals surface area (Å²) in [4.78, 5) is 69.7. The third kappa shape index (κ3) is 19.1. The lowest BCUT2D eigenvalue weighted by molar-refractivity contribution is -0.141. The van der Waals surface area contributed by atoms with E-state index in [0.29, 0.717) is 17.3 Å². The molecule has 0 atom stereocenters. The minimum absolute atomic E-state index is 0.391. The van der Waals surface area contributed by atoms with Crippen LogP contribution in [0.15, 0.2) is 285 Å². The van der Waals surface area contributed by atoms with Crippen LogP contribution in [0.4, 0.5) is 0 Å². The van der Waals surface area contributed by atoms with Crippen LogP contribution in [0.2, 0.25) is 0 Å². The number of unbranched alkanes of at least 4 members (excludes halogenated alkanes) is 6. The van der Waals surface area contributed by atoms with E-state index in [4.69, 9.17) is 23.8 Å². The van der Waals surface area contributed by atoms with E-state index >= 15 is 0 Å². The second-order valence-corrected chi connectivity index (χ2v) is 26.3. The van der Waals surface area contributed by atoms with Gasteiger partial charge in [-0.05, 0) is 103 Å². The van der Waals surface area contributed by atoms with Crippen molar-refractivity contribution in [1.29, 1.82) is 0 Å². The Morgan fingerprint density at radius 2 is 0.762 bits per heavy atom. The number of nitrogens with zero attached hydrogens (tertiary/aromatic N) is 9. The summed E-state index contributed by atoms with van der Waals surface area (Å²) in [6.45, 7) is 9.82. The van der Waals surface area contributed by atoms with Crippen molar-refractivity contribution in [3.05, 3.63) is 294 Å². The maximum absolute atomic E-state index is 11.3. The van der Waals surface area contributed by atoms with Crippen molar-refractivity contribution >= 4 is 113 Å². The van der Waals surface area contributed by atoms with Gasteiger partial charge < -0.3 is 37.5 Å². The van der Waals surface area contributed by atoms with Gasteiger partial charge in [-0.1, -0.05) is 213 Å². The first kappa shape index (κ1) is 74.1. The molecule has 0 saturated carbocycles. The summed E-state index contributed by atoms with van der Waals surface area (Å²) < 4.78 is 13.9. The smallest absolute Gasteiger partial charge is 0.332 e. The van der Waals surface area contributed by atoms with Gasteiger partial charge in [0.2, 0.25) is 5.88 Å². The molecule has 0 unspecified atom stereocenters. The number of hydrogen-bond donors (Lipinski definition) is 0. The highest BCUT2D eigenvalue weighted by atomic mass is 32.1. The van der Waals surface area contributed by atoms with Crippen LogP contribution < -0.4 is 0 Å². The summed E-state index contributed by atoms with van der Waals surface area (Å²) in [5.41, 5.74) is 12.6. The lowest BCUT2D eigenvalue weighted by atomic mass is 10.0. The molecule has 105 heavy (non-hydrogen) atoms. The Hall–Kier alpha value is -12.1. The molecule has 8 heterocycles. The zero-order valence-corrected chi connectivity index (χ0v) is 61.0. The van der Waals surface area contributed by atoms with Gasteiger partial charge in [0, 0.05) is 120 Å². The molecular weight excluding hydrogens is 1360 g/mol. The summed E-state index contributed by atoms with van der Waals surface area (Å²) in [7, 11) is 0.